The number of piperidine rings is 1. The Hall–Kier alpha value is -2.61. The van der Waals surface area contributed by atoms with Gasteiger partial charge in [-0.05, 0) is 87.7 Å². The van der Waals surface area contributed by atoms with Crippen LogP contribution in [0.15, 0.2) is 54.2 Å². The second-order valence-electron chi connectivity index (χ2n) is 10.7. The number of hydrogen-bond acceptors (Lipinski definition) is 4. The lowest BCUT2D eigenvalue weighted by Crippen LogP contribution is -2.35. The zero-order valence-corrected chi connectivity index (χ0v) is 23.8. The minimum Gasteiger partial charge on any atom is -0.381 e. The predicted octanol–water partition coefficient (Wildman–Crippen LogP) is 7.38. The number of anilines is 1. The molecule has 3 fully saturated rings. The fraction of sp³-hybridized carbons (Fsp3) is 0.613. The Labute approximate surface area is 232 Å². The summed E-state index contributed by atoms with van der Waals surface area (Å²) in [6, 6.07) is 4.98. The normalized spacial score (nSPS) is 21.5. The second-order valence-corrected chi connectivity index (χ2v) is 10.7. The largest absolute Gasteiger partial charge is 0.416 e. The molecule has 1 aliphatic heterocycles. The Morgan fingerprint density at radius 1 is 1.18 bits per heavy atom. The van der Waals surface area contributed by atoms with E-state index in [-0.39, 0.29) is 11.9 Å². The lowest BCUT2D eigenvalue weighted by molar-refractivity contribution is -0.137. The maximum Gasteiger partial charge on any atom is 0.416 e. The summed E-state index contributed by atoms with van der Waals surface area (Å²) in [7, 11) is 0. The van der Waals surface area contributed by atoms with Crippen LogP contribution in [-0.2, 0) is 11.0 Å². The third kappa shape index (κ3) is 13.3. The van der Waals surface area contributed by atoms with Crippen molar-refractivity contribution < 1.29 is 18.0 Å². The highest BCUT2D eigenvalue weighted by molar-refractivity contribution is 5.84. The van der Waals surface area contributed by atoms with Crippen LogP contribution in [0, 0.1) is 17.8 Å². The van der Waals surface area contributed by atoms with Crippen LogP contribution >= 0.6 is 0 Å². The van der Waals surface area contributed by atoms with Crippen molar-refractivity contribution in [2.75, 3.05) is 25.0 Å². The van der Waals surface area contributed by atoms with E-state index in [1.54, 1.807) is 12.1 Å². The van der Waals surface area contributed by atoms with Crippen molar-refractivity contribution in [2.45, 2.75) is 84.4 Å². The van der Waals surface area contributed by atoms with Gasteiger partial charge in [-0.25, -0.2) is 0 Å². The maximum atomic E-state index is 12.6. The van der Waals surface area contributed by atoms with Crippen molar-refractivity contribution in [2.24, 2.45) is 22.7 Å². The number of aliphatic imine (C=N–C) groups is 1. The highest BCUT2D eigenvalue weighted by Gasteiger charge is 2.40. The Morgan fingerprint density at radius 2 is 1.87 bits per heavy atom. The van der Waals surface area contributed by atoms with Gasteiger partial charge in [0, 0.05) is 37.1 Å². The van der Waals surface area contributed by atoms with Gasteiger partial charge in [-0.1, -0.05) is 51.3 Å². The van der Waals surface area contributed by atoms with Crippen LogP contribution in [0.4, 0.5) is 18.9 Å². The van der Waals surface area contributed by atoms with E-state index in [0.29, 0.717) is 12.2 Å². The third-order valence-corrected chi connectivity index (χ3v) is 7.37. The summed E-state index contributed by atoms with van der Waals surface area (Å²) in [5, 5.41) is 9.03. The van der Waals surface area contributed by atoms with Crippen LogP contribution in [0.5, 0.6) is 0 Å². The van der Waals surface area contributed by atoms with E-state index in [1.807, 2.05) is 19.2 Å². The van der Waals surface area contributed by atoms with E-state index in [2.05, 4.69) is 34.4 Å². The van der Waals surface area contributed by atoms with Gasteiger partial charge in [-0.3, -0.25) is 9.79 Å². The number of rotatable bonds is 9. The molecule has 3 atom stereocenters. The molecule has 0 aromatic heterocycles. The van der Waals surface area contributed by atoms with E-state index in [1.165, 1.54) is 70.3 Å². The van der Waals surface area contributed by atoms with Gasteiger partial charge < -0.3 is 16.0 Å². The fourth-order valence-corrected chi connectivity index (χ4v) is 4.97. The Balaban J connectivity index is 0.000000235. The first-order valence-electron chi connectivity index (χ1n) is 14.3. The summed E-state index contributed by atoms with van der Waals surface area (Å²) in [6.07, 6.45) is 11.1. The van der Waals surface area contributed by atoms with Gasteiger partial charge in [0.25, 0.3) is 0 Å². The van der Waals surface area contributed by atoms with Crippen LogP contribution in [0.3, 0.4) is 0 Å². The van der Waals surface area contributed by atoms with Crippen LogP contribution in [0.1, 0.15) is 77.7 Å². The van der Waals surface area contributed by atoms with Crippen molar-refractivity contribution >= 4 is 17.3 Å². The van der Waals surface area contributed by atoms with E-state index in [9.17, 15) is 18.0 Å². The first-order chi connectivity index (χ1) is 18.6. The summed E-state index contributed by atoms with van der Waals surface area (Å²) < 4.78 is 37.9. The van der Waals surface area contributed by atoms with Crippen LogP contribution in [-0.4, -0.2) is 37.3 Å². The average Bonchev–Trinajstić information content (AvgIpc) is 3.52. The molecule has 0 spiro atoms. The van der Waals surface area contributed by atoms with Crippen LogP contribution in [0.25, 0.3) is 0 Å². The Morgan fingerprint density at radius 3 is 2.38 bits per heavy atom. The molecule has 39 heavy (non-hydrogen) atoms. The molecule has 5 nitrogen and oxygen atoms in total. The fourth-order valence-electron chi connectivity index (χ4n) is 4.97. The minimum atomic E-state index is -4.35. The van der Waals surface area contributed by atoms with Gasteiger partial charge in [0.1, 0.15) is 0 Å². The molecule has 1 saturated heterocycles. The number of nitrogens with one attached hydrogen (secondary N) is 3. The molecule has 1 amide bonds. The first-order valence-corrected chi connectivity index (χ1v) is 14.3. The van der Waals surface area contributed by atoms with Gasteiger partial charge in [0.15, 0.2) is 0 Å². The summed E-state index contributed by atoms with van der Waals surface area (Å²) in [4.78, 5) is 15.3. The molecule has 2 aliphatic carbocycles. The predicted molar refractivity (Wildman–Crippen MR) is 156 cm³/mol. The molecule has 3 N–H and O–H groups in total. The van der Waals surface area contributed by atoms with E-state index in [4.69, 9.17) is 0 Å². The highest BCUT2D eigenvalue weighted by atomic mass is 19.4. The number of alkyl halides is 3. The summed E-state index contributed by atoms with van der Waals surface area (Å²) in [5.41, 5.74) is 1.01. The van der Waals surface area contributed by atoms with Crippen LogP contribution in [0.2, 0.25) is 0 Å². The Bertz CT molecular complexity index is 930. The van der Waals surface area contributed by atoms with Crippen LogP contribution < -0.4 is 16.0 Å². The van der Waals surface area contributed by atoms with E-state index < -0.39 is 11.7 Å². The highest BCUT2D eigenvalue weighted by Crippen LogP contribution is 2.40. The summed E-state index contributed by atoms with van der Waals surface area (Å²) >= 11 is 0. The van der Waals surface area contributed by atoms with Gasteiger partial charge >= 0.3 is 6.18 Å². The number of halogens is 3. The maximum absolute atomic E-state index is 12.6. The first kappa shape index (κ1) is 32.6. The molecule has 3 aliphatic rings. The van der Waals surface area contributed by atoms with Crippen molar-refractivity contribution in [3.05, 3.63) is 54.8 Å². The number of carbonyl (C=O) groups is 1. The van der Waals surface area contributed by atoms with E-state index in [0.717, 1.165) is 42.7 Å². The number of nitrogens with zero attached hydrogens (tertiary/aromatic N) is 1. The number of carbonyl (C=O) groups excluding carboxylic acids is 1. The molecular weight excluding hydrogens is 501 g/mol. The van der Waals surface area contributed by atoms with Gasteiger partial charge in [-0.15, -0.1) is 0 Å². The average molecular weight is 549 g/mol. The monoisotopic (exact) mass is 548 g/mol. The van der Waals surface area contributed by atoms with Crippen molar-refractivity contribution in [1.29, 1.82) is 0 Å². The molecule has 1 aromatic carbocycles. The van der Waals surface area contributed by atoms with Gasteiger partial charge in [0.2, 0.25) is 5.91 Å². The quantitative estimate of drug-likeness (QED) is 0.223. The van der Waals surface area contributed by atoms with Crippen molar-refractivity contribution in [3.63, 3.8) is 0 Å². The molecule has 0 bridgehead atoms. The second kappa shape index (κ2) is 17.2. The molecule has 218 valence electrons. The van der Waals surface area contributed by atoms with E-state index >= 15 is 0 Å². The Kier molecular flexibility index (Phi) is 14.3. The lowest BCUT2D eigenvalue weighted by Gasteiger charge is -2.20. The molecule has 8 heteroatoms. The smallest absolute Gasteiger partial charge is 0.381 e. The van der Waals surface area contributed by atoms with Gasteiger partial charge in [0.05, 0.1) is 5.56 Å². The number of allylic oxidation sites excluding steroid dienone is 2. The van der Waals surface area contributed by atoms with Gasteiger partial charge in [-0.2, -0.15) is 13.2 Å². The standard InChI is InChI=1S/C14H19F3N2O.C12H19N.C5H9N/c1-3-5-13(9-18-10(2)20)19-12-7-4-6-11(8-12)14(15,16)17;1-3-4-10-13-11(2)12-8-6-5-7-9-12;1-4-2-6-3-5(1)4/h4,6-8,13,19H,3,5,9H2,1-2H3,(H,18,20);3-4,10,12H,1,5-9H2,2H3;4-6H,1-3H2/b;10-4-,13-11?;. The lowest BCUT2D eigenvalue weighted by atomic mass is 9.86. The molecule has 0 radical (unpaired) electrons. The SMILES string of the molecule is C1NCC2CC12.C=C/C=C\N=C(C)C1CCCCC1.CCCC(CNC(C)=O)Nc1cccc(C(F)(F)F)c1. The topological polar surface area (TPSA) is 65.5 Å². The zero-order valence-electron chi connectivity index (χ0n) is 23.8. The number of fused-ring (bicyclic) bond motifs is 1. The number of benzene rings is 1. The summed E-state index contributed by atoms with van der Waals surface area (Å²) in [6.45, 7) is 12.2. The molecule has 1 heterocycles. The number of amides is 1. The molecular formula is C31H47F3N4O. The molecule has 2 saturated carbocycles. The number of hydrogen-bond donors (Lipinski definition) is 3. The molecule has 4 rings (SSSR count). The minimum absolute atomic E-state index is 0.0904. The molecule has 3 unspecified atom stereocenters. The molecule has 1 aromatic rings. The zero-order chi connectivity index (χ0) is 28.7. The van der Waals surface area contributed by atoms with Crippen molar-refractivity contribution in [3.8, 4) is 0 Å². The third-order valence-electron chi connectivity index (χ3n) is 7.37. The summed E-state index contributed by atoms with van der Waals surface area (Å²) in [5.74, 6) is 2.79. The van der Waals surface area contributed by atoms with Crippen molar-refractivity contribution in [1.82, 2.24) is 10.6 Å².